The zero-order valence-electron chi connectivity index (χ0n) is 14.7. The average Bonchev–Trinajstić information content (AvgIpc) is 2.62. The van der Waals surface area contributed by atoms with Crippen LogP contribution >= 0.6 is 0 Å². The van der Waals surface area contributed by atoms with E-state index in [9.17, 15) is 4.79 Å². The summed E-state index contributed by atoms with van der Waals surface area (Å²) in [5, 5.41) is 8.85. The topological polar surface area (TPSA) is 41.1 Å². The Hall–Kier alpha value is -2.65. The lowest BCUT2D eigenvalue weighted by molar-refractivity contribution is -0.123. The first-order valence-corrected chi connectivity index (χ1v) is 8.70. The molecule has 0 radical (unpaired) electrons. The standard InChI is InChI=1S/C22H24N2O/c1-16(2)24-22(25)21(19-9-4-3-5-10-19)23-15-17-12-13-18-8-6-7-11-20(18)14-17/h3-14,16,21,23H,15H2,1-2H3,(H,24,25). The molecule has 1 amide bonds. The molecule has 0 aliphatic carbocycles. The highest BCUT2D eigenvalue weighted by atomic mass is 16.2. The van der Waals surface area contributed by atoms with Gasteiger partial charge in [0.1, 0.15) is 6.04 Å². The van der Waals surface area contributed by atoms with Crippen LogP contribution < -0.4 is 10.6 Å². The number of carbonyl (C=O) groups excluding carboxylic acids is 1. The van der Waals surface area contributed by atoms with Crippen molar-refractivity contribution < 1.29 is 4.79 Å². The highest BCUT2D eigenvalue weighted by molar-refractivity contribution is 5.84. The van der Waals surface area contributed by atoms with E-state index in [0.717, 1.165) is 11.1 Å². The van der Waals surface area contributed by atoms with Crippen molar-refractivity contribution in [2.75, 3.05) is 0 Å². The molecule has 128 valence electrons. The summed E-state index contributed by atoms with van der Waals surface area (Å²) < 4.78 is 0. The van der Waals surface area contributed by atoms with Crippen molar-refractivity contribution in [3.05, 3.63) is 83.9 Å². The van der Waals surface area contributed by atoms with Crippen molar-refractivity contribution >= 4 is 16.7 Å². The predicted molar refractivity (Wildman–Crippen MR) is 103 cm³/mol. The molecule has 0 heterocycles. The molecule has 3 rings (SSSR count). The molecule has 0 saturated heterocycles. The molecule has 0 aromatic heterocycles. The summed E-state index contributed by atoms with van der Waals surface area (Å²) in [6.07, 6.45) is 0. The molecule has 3 nitrogen and oxygen atoms in total. The molecule has 3 aromatic carbocycles. The summed E-state index contributed by atoms with van der Waals surface area (Å²) in [4.78, 5) is 12.6. The Balaban J connectivity index is 1.78. The van der Waals surface area contributed by atoms with Gasteiger partial charge in [0.2, 0.25) is 5.91 Å². The van der Waals surface area contributed by atoms with Gasteiger partial charge in [-0.1, -0.05) is 66.7 Å². The lowest BCUT2D eigenvalue weighted by Gasteiger charge is -2.20. The Labute approximate surface area is 149 Å². The monoisotopic (exact) mass is 332 g/mol. The molecule has 3 heteroatoms. The van der Waals surface area contributed by atoms with Crippen LogP contribution in [0, 0.1) is 0 Å². The van der Waals surface area contributed by atoms with Crippen LogP contribution in [0.1, 0.15) is 31.0 Å². The summed E-state index contributed by atoms with van der Waals surface area (Å²) >= 11 is 0. The van der Waals surface area contributed by atoms with Crippen LogP contribution in [-0.4, -0.2) is 11.9 Å². The summed E-state index contributed by atoms with van der Waals surface area (Å²) in [7, 11) is 0. The number of benzene rings is 3. The van der Waals surface area contributed by atoms with Crippen molar-refractivity contribution in [2.24, 2.45) is 0 Å². The minimum Gasteiger partial charge on any atom is -0.352 e. The van der Waals surface area contributed by atoms with E-state index >= 15 is 0 Å². The Kier molecular flexibility index (Phi) is 5.46. The molecule has 0 bridgehead atoms. The van der Waals surface area contributed by atoms with Gasteiger partial charge in [-0.15, -0.1) is 0 Å². The van der Waals surface area contributed by atoms with E-state index in [1.807, 2.05) is 56.3 Å². The van der Waals surface area contributed by atoms with Crippen molar-refractivity contribution in [3.8, 4) is 0 Å². The van der Waals surface area contributed by atoms with Gasteiger partial charge in [-0.2, -0.15) is 0 Å². The highest BCUT2D eigenvalue weighted by Crippen LogP contribution is 2.18. The Morgan fingerprint density at radius 3 is 2.28 bits per heavy atom. The van der Waals surface area contributed by atoms with Gasteiger partial charge < -0.3 is 5.32 Å². The molecule has 0 aliphatic heterocycles. The quantitative estimate of drug-likeness (QED) is 0.710. The maximum Gasteiger partial charge on any atom is 0.241 e. The van der Waals surface area contributed by atoms with E-state index in [4.69, 9.17) is 0 Å². The number of hydrogen-bond donors (Lipinski definition) is 2. The minimum atomic E-state index is -0.366. The number of amides is 1. The van der Waals surface area contributed by atoms with E-state index < -0.39 is 0 Å². The number of carbonyl (C=O) groups is 1. The van der Waals surface area contributed by atoms with Gasteiger partial charge in [0, 0.05) is 12.6 Å². The SMILES string of the molecule is CC(C)NC(=O)C(NCc1ccc2ccccc2c1)c1ccccc1. The Morgan fingerprint density at radius 2 is 1.56 bits per heavy atom. The second kappa shape index (κ2) is 7.95. The number of rotatable bonds is 6. The summed E-state index contributed by atoms with van der Waals surface area (Å²) in [5.74, 6) is 0.00184. The van der Waals surface area contributed by atoms with Crippen molar-refractivity contribution in [2.45, 2.75) is 32.5 Å². The summed E-state index contributed by atoms with van der Waals surface area (Å²) in [5.41, 5.74) is 2.14. The second-order valence-corrected chi connectivity index (χ2v) is 6.57. The number of hydrogen-bond acceptors (Lipinski definition) is 2. The fourth-order valence-electron chi connectivity index (χ4n) is 2.94. The van der Waals surface area contributed by atoms with Gasteiger partial charge in [0.25, 0.3) is 0 Å². The van der Waals surface area contributed by atoms with Crippen LogP contribution in [0.25, 0.3) is 10.8 Å². The van der Waals surface area contributed by atoms with E-state index in [0.29, 0.717) is 6.54 Å². The van der Waals surface area contributed by atoms with Crippen LogP contribution in [0.5, 0.6) is 0 Å². The highest BCUT2D eigenvalue weighted by Gasteiger charge is 2.20. The molecule has 0 fully saturated rings. The van der Waals surface area contributed by atoms with Crippen molar-refractivity contribution in [1.82, 2.24) is 10.6 Å². The fraction of sp³-hybridized carbons (Fsp3) is 0.227. The summed E-state index contributed by atoms with van der Waals surface area (Å²) in [6.45, 7) is 4.59. The largest absolute Gasteiger partial charge is 0.352 e. The smallest absolute Gasteiger partial charge is 0.241 e. The first-order valence-electron chi connectivity index (χ1n) is 8.70. The predicted octanol–water partition coefficient (Wildman–Crippen LogP) is 4.20. The zero-order valence-corrected chi connectivity index (χ0v) is 14.7. The summed E-state index contributed by atoms with van der Waals surface area (Å²) in [6, 6.07) is 24.3. The zero-order chi connectivity index (χ0) is 17.6. The lowest BCUT2D eigenvalue weighted by atomic mass is 10.0. The van der Waals surface area contributed by atoms with E-state index in [-0.39, 0.29) is 18.0 Å². The van der Waals surface area contributed by atoms with Crippen molar-refractivity contribution in [3.63, 3.8) is 0 Å². The minimum absolute atomic E-state index is 0.00184. The van der Waals surface area contributed by atoms with Crippen LogP contribution in [0.15, 0.2) is 72.8 Å². The molecule has 0 spiro atoms. The van der Waals surface area contributed by atoms with Gasteiger partial charge in [-0.05, 0) is 41.8 Å². The second-order valence-electron chi connectivity index (χ2n) is 6.57. The van der Waals surface area contributed by atoms with Crippen LogP contribution in [0.2, 0.25) is 0 Å². The van der Waals surface area contributed by atoms with Crippen LogP contribution in [-0.2, 0) is 11.3 Å². The van der Waals surface area contributed by atoms with Crippen molar-refractivity contribution in [1.29, 1.82) is 0 Å². The third-order valence-electron chi connectivity index (χ3n) is 4.15. The maximum absolute atomic E-state index is 12.6. The Bertz CT molecular complexity index is 843. The van der Waals surface area contributed by atoms with E-state index in [1.54, 1.807) is 0 Å². The lowest BCUT2D eigenvalue weighted by Crippen LogP contribution is -2.40. The molecular formula is C22H24N2O. The first-order chi connectivity index (χ1) is 12.1. The molecule has 1 atom stereocenters. The van der Waals surface area contributed by atoms with Crippen LogP contribution in [0.3, 0.4) is 0 Å². The van der Waals surface area contributed by atoms with Crippen LogP contribution in [0.4, 0.5) is 0 Å². The van der Waals surface area contributed by atoms with E-state index in [1.165, 1.54) is 10.8 Å². The molecular weight excluding hydrogens is 308 g/mol. The molecule has 2 N–H and O–H groups in total. The molecule has 0 aliphatic rings. The fourth-order valence-corrected chi connectivity index (χ4v) is 2.94. The first kappa shape index (κ1) is 17.2. The van der Waals surface area contributed by atoms with Gasteiger partial charge >= 0.3 is 0 Å². The number of fused-ring (bicyclic) bond motifs is 1. The van der Waals surface area contributed by atoms with Gasteiger partial charge in [-0.25, -0.2) is 0 Å². The van der Waals surface area contributed by atoms with E-state index in [2.05, 4.69) is 41.0 Å². The Morgan fingerprint density at radius 1 is 0.880 bits per heavy atom. The number of nitrogens with one attached hydrogen (secondary N) is 2. The van der Waals surface area contributed by atoms with Gasteiger partial charge in [0.05, 0.1) is 0 Å². The molecule has 0 saturated carbocycles. The average molecular weight is 332 g/mol. The third kappa shape index (κ3) is 4.46. The molecule has 3 aromatic rings. The normalized spacial score (nSPS) is 12.3. The van der Waals surface area contributed by atoms with Gasteiger partial charge in [0.15, 0.2) is 0 Å². The third-order valence-corrected chi connectivity index (χ3v) is 4.15. The van der Waals surface area contributed by atoms with Gasteiger partial charge in [-0.3, -0.25) is 10.1 Å². The molecule has 25 heavy (non-hydrogen) atoms. The maximum atomic E-state index is 12.6. The molecule has 1 unspecified atom stereocenters.